The lowest BCUT2D eigenvalue weighted by Crippen LogP contribution is -2.35. The predicted octanol–water partition coefficient (Wildman–Crippen LogP) is 3.22. The third-order valence-corrected chi connectivity index (χ3v) is 3.71. The number of aromatic carboxylic acids is 1. The summed E-state index contributed by atoms with van der Waals surface area (Å²) in [4.78, 5) is 25.3. The Morgan fingerprint density at radius 3 is 2.71 bits per heavy atom. The summed E-state index contributed by atoms with van der Waals surface area (Å²) >= 11 is 5.70. The molecule has 21 heavy (non-hydrogen) atoms. The first kappa shape index (κ1) is 13.7. The van der Waals surface area contributed by atoms with Crippen molar-refractivity contribution < 1.29 is 19.1 Å². The summed E-state index contributed by atoms with van der Waals surface area (Å²) in [5, 5.41) is 9.39. The van der Waals surface area contributed by atoms with Crippen molar-refractivity contribution in [3.63, 3.8) is 0 Å². The predicted molar refractivity (Wildman–Crippen MR) is 77.1 cm³/mol. The molecule has 1 aromatic heterocycles. The number of nitrogens with zero attached hydrogens (tertiary/aromatic N) is 1. The fourth-order valence-electron chi connectivity index (χ4n) is 2.60. The summed E-state index contributed by atoms with van der Waals surface area (Å²) in [6.07, 6.45) is 1.35. The highest BCUT2D eigenvalue weighted by molar-refractivity contribution is 6.29. The van der Waals surface area contributed by atoms with E-state index in [4.69, 9.17) is 16.0 Å². The number of rotatable bonds is 2. The van der Waals surface area contributed by atoms with Gasteiger partial charge in [-0.05, 0) is 54.3 Å². The van der Waals surface area contributed by atoms with Gasteiger partial charge in [0.15, 0.2) is 11.0 Å². The molecular formula is C15H12ClNO4. The Kier molecular flexibility index (Phi) is 3.43. The van der Waals surface area contributed by atoms with Crippen molar-refractivity contribution in [1.82, 2.24) is 0 Å². The van der Waals surface area contributed by atoms with Gasteiger partial charge in [-0.2, -0.15) is 0 Å². The van der Waals surface area contributed by atoms with E-state index < -0.39 is 5.97 Å². The summed E-state index contributed by atoms with van der Waals surface area (Å²) in [5.74, 6) is -1.15. The van der Waals surface area contributed by atoms with Gasteiger partial charge < -0.3 is 14.4 Å². The second-order valence-electron chi connectivity index (χ2n) is 4.77. The molecule has 0 unspecified atom stereocenters. The number of fused-ring (bicyclic) bond motifs is 1. The highest BCUT2D eigenvalue weighted by Crippen LogP contribution is 2.31. The van der Waals surface area contributed by atoms with Gasteiger partial charge in [-0.3, -0.25) is 4.79 Å². The molecule has 5 nitrogen and oxygen atoms in total. The van der Waals surface area contributed by atoms with Crippen molar-refractivity contribution in [3.05, 3.63) is 52.4 Å². The Bertz CT molecular complexity index is 722. The average molecular weight is 306 g/mol. The van der Waals surface area contributed by atoms with Crippen LogP contribution in [0.5, 0.6) is 0 Å². The molecule has 0 saturated carbocycles. The number of benzene rings is 1. The summed E-state index contributed by atoms with van der Waals surface area (Å²) in [7, 11) is 0. The standard InChI is InChI=1S/C15H12ClNO4/c16-13-7-6-12(21-13)14(18)17-8-2-4-9-10(15(19)20)3-1-5-11(9)17/h1,3,5-7H,2,4,8H2,(H,19,20). The van der Waals surface area contributed by atoms with Gasteiger partial charge in [-0.1, -0.05) is 6.07 Å². The van der Waals surface area contributed by atoms with E-state index in [0.29, 0.717) is 30.6 Å². The van der Waals surface area contributed by atoms with Crippen molar-refractivity contribution in [2.75, 3.05) is 11.4 Å². The number of furan rings is 1. The zero-order valence-electron chi connectivity index (χ0n) is 11.0. The van der Waals surface area contributed by atoms with Crippen LogP contribution in [0, 0.1) is 0 Å². The van der Waals surface area contributed by atoms with Gasteiger partial charge in [0.2, 0.25) is 0 Å². The molecule has 0 bridgehead atoms. The fraction of sp³-hybridized carbons (Fsp3) is 0.200. The molecule has 0 atom stereocenters. The van der Waals surface area contributed by atoms with Crippen LogP contribution >= 0.6 is 11.6 Å². The van der Waals surface area contributed by atoms with Crippen LogP contribution in [0.4, 0.5) is 5.69 Å². The number of amides is 1. The molecule has 6 heteroatoms. The summed E-state index contributed by atoms with van der Waals surface area (Å²) in [6.45, 7) is 0.521. The first-order valence-corrected chi connectivity index (χ1v) is 6.88. The number of hydrogen-bond donors (Lipinski definition) is 1. The van der Waals surface area contributed by atoms with Crippen LogP contribution in [0.25, 0.3) is 0 Å². The number of carbonyl (C=O) groups is 2. The maximum absolute atomic E-state index is 12.5. The van der Waals surface area contributed by atoms with E-state index in [1.54, 1.807) is 23.1 Å². The minimum absolute atomic E-state index is 0.147. The van der Waals surface area contributed by atoms with Crippen LogP contribution < -0.4 is 4.90 Å². The van der Waals surface area contributed by atoms with E-state index >= 15 is 0 Å². The normalized spacial score (nSPS) is 13.9. The maximum atomic E-state index is 12.5. The summed E-state index contributed by atoms with van der Waals surface area (Å²) < 4.78 is 5.15. The Morgan fingerprint density at radius 1 is 1.24 bits per heavy atom. The zero-order chi connectivity index (χ0) is 15.0. The largest absolute Gasteiger partial charge is 0.478 e. The Labute approximate surface area is 125 Å². The molecule has 2 aromatic rings. The molecule has 1 aliphatic heterocycles. The van der Waals surface area contributed by atoms with Gasteiger partial charge in [0, 0.05) is 12.2 Å². The number of carboxylic acids is 1. The molecule has 3 rings (SSSR count). The first-order valence-electron chi connectivity index (χ1n) is 6.50. The maximum Gasteiger partial charge on any atom is 0.336 e. The molecule has 1 aliphatic rings. The van der Waals surface area contributed by atoms with Gasteiger partial charge in [0.1, 0.15) is 0 Å². The summed E-state index contributed by atoms with van der Waals surface area (Å²) in [6, 6.07) is 7.97. The monoisotopic (exact) mass is 305 g/mol. The topological polar surface area (TPSA) is 70.8 Å². The molecule has 108 valence electrons. The van der Waals surface area contributed by atoms with Crippen LogP contribution in [-0.4, -0.2) is 23.5 Å². The number of hydrogen-bond acceptors (Lipinski definition) is 3. The second-order valence-corrected chi connectivity index (χ2v) is 5.15. The molecule has 0 fully saturated rings. The quantitative estimate of drug-likeness (QED) is 0.924. The lowest BCUT2D eigenvalue weighted by molar-refractivity contribution is 0.0695. The van der Waals surface area contributed by atoms with Gasteiger partial charge in [-0.15, -0.1) is 0 Å². The minimum Gasteiger partial charge on any atom is -0.478 e. The molecule has 0 aliphatic carbocycles. The van der Waals surface area contributed by atoms with E-state index in [9.17, 15) is 14.7 Å². The molecule has 0 radical (unpaired) electrons. The lowest BCUT2D eigenvalue weighted by atomic mass is 9.96. The zero-order valence-corrected chi connectivity index (χ0v) is 11.8. The van der Waals surface area contributed by atoms with Gasteiger partial charge >= 0.3 is 5.97 Å². The van der Waals surface area contributed by atoms with Gasteiger partial charge in [0.05, 0.1) is 5.56 Å². The average Bonchev–Trinajstić information content (AvgIpc) is 2.91. The SMILES string of the molecule is O=C(O)c1cccc2c1CCCN2C(=O)c1ccc(Cl)o1. The van der Waals surface area contributed by atoms with Crippen molar-refractivity contribution >= 4 is 29.2 Å². The highest BCUT2D eigenvalue weighted by atomic mass is 35.5. The van der Waals surface area contributed by atoms with Crippen molar-refractivity contribution in [3.8, 4) is 0 Å². The first-order chi connectivity index (χ1) is 10.1. The number of anilines is 1. The van der Waals surface area contributed by atoms with E-state index in [1.807, 2.05) is 0 Å². The third-order valence-electron chi connectivity index (χ3n) is 3.51. The summed E-state index contributed by atoms with van der Waals surface area (Å²) in [5.41, 5.74) is 1.54. The van der Waals surface area contributed by atoms with Crippen LogP contribution in [0.2, 0.25) is 5.22 Å². The van der Waals surface area contributed by atoms with E-state index in [0.717, 1.165) is 0 Å². The van der Waals surface area contributed by atoms with Crippen LogP contribution in [0.3, 0.4) is 0 Å². The lowest BCUT2D eigenvalue weighted by Gasteiger charge is -2.29. The van der Waals surface area contributed by atoms with Crippen LogP contribution in [0.15, 0.2) is 34.7 Å². The Morgan fingerprint density at radius 2 is 2.05 bits per heavy atom. The van der Waals surface area contributed by atoms with Crippen LogP contribution in [-0.2, 0) is 6.42 Å². The third kappa shape index (κ3) is 2.40. The van der Waals surface area contributed by atoms with Crippen molar-refractivity contribution in [1.29, 1.82) is 0 Å². The second kappa shape index (κ2) is 5.26. The van der Waals surface area contributed by atoms with E-state index in [1.165, 1.54) is 12.1 Å². The smallest absolute Gasteiger partial charge is 0.336 e. The molecule has 0 saturated heterocycles. The van der Waals surface area contributed by atoms with E-state index in [2.05, 4.69) is 0 Å². The van der Waals surface area contributed by atoms with Crippen molar-refractivity contribution in [2.24, 2.45) is 0 Å². The van der Waals surface area contributed by atoms with Crippen molar-refractivity contribution in [2.45, 2.75) is 12.8 Å². The molecule has 1 aromatic carbocycles. The molecule has 1 N–H and O–H groups in total. The van der Waals surface area contributed by atoms with Gasteiger partial charge in [-0.25, -0.2) is 4.79 Å². The van der Waals surface area contributed by atoms with Crippen LogP contribution in [0.1, 0.15) is 32.9 Å². The highest BCUT2D eigenvalue weighted by Gasteiger charge is 2.28. The van der Waals surface area contributed by atoms with E-state index in [-0.39, 0.29) is 22.5 Å². The van der Waals surface area contributed by atoms with Gasteiger partial charge in [0.25, 0.3) is 5.91 Å². The molecule has 1 amide bonds. The number of halogens is 1. The Balaban J connectivity index is 2.03. The molecular weight excluding hydrogens is 294 g/mol. The molecule has 0 spiro atoms. The minimum atomic E-state index is -0.984. The Hall–Kier alpha value is -2.27. The fourth-order valence-corrected chi connectivity index (χ4v) is 2.74. The number of carboxylic acid groups (broad SMARTS) is 1. The number of carbonyl (C=O) groups excluding carboxylic acids is 1. The molecule has 2 heterocycles.